The van der Waals surface area contributed by atoms with Gasteiger partial charge in [-0.25, -0.2) is 8.42 Å². The van der Waals surface area contributed by atoms with Crippen molar-refractivity contribution >= 4 is 26.6 Å². The fraction of sp³-hybridized carbons (Fsp3) is 0.400. The first-order chi connectivity index (χ1) is 9.70. The maximum absolute atomic E-state index is 12.2. The number of hydrogen-bond acceptors (Lipinski definition) is 3. The van der Waals surface area contributed by atoms with E-state index in [1.54, 1.807) is 0 Å². The summed E-state index contributed by atoms with van der Waals surface area (Å²) in [7, 11) is -3.08. The van der Waals surface area contributed by atoms with Gasteiger partial charge in [-0.15, -0.1) is 0 Å². The number of nitrogens with one attached hydrogen (secondary N) is 2. The molecule has 0 aliphatic heterocycles. The predicted octanol–water partition coefficient (Wildman–Crippen LogP) is 1.87. The quantitative estimate of drug-likeness (QED) is 0.905. The highest BCUT2D eigenvalue weighted by Crippen LogP contribution is 2.27. The lowest BCUT2D eigenvalue weighted by Crippen LogP contribution is -2.29. The second kappa shape index (κ2) is 5.52. The third-order valence-corrected chi connectivity index (χ3v) is 4.55. The molecule has 0 radical (unpaired) electrons. The SMILES string of the molecule is Cc1ccc(C)c2c(C)c(C(=O)NCCS(C)(=O)=O)[nH]c12. The molecular formula is C15H20N2O3S. The molecule has 1 aromatic carbocycles. The molecule has 5 nitrogen and oxygen atoms in total. The molecule has 114 valence electrons. The summed E-state index contributed by atoms with van der Waals surface area (Å²) in [5.41, 5.74) is 4.54. The summed E-state index contributed by atoms with van der Waals surface area (Å²) in [6.45, 7) is 6.01. The Morgan fingerprint density at radius 2 is 1.81 bits per heavy atom. The first-order valence-corrected chi connectivity index (χ1v) is 8.81. The summed E-state index contributed by atoms with van der Waals surface area (Å²) in [5, 5.41) is 3.71. The van der Waals surface area contributed by atoms with Crippen molar-refractivity contribution in [1.29, 1.82) is 0 Å². The molecule has 6 heteroatoms. The zero-order valence-electron chi connectivity index (χ0n) is 12.7. The Morgan fingerprint density at radius 1 is 1.19 bits per heavy atom. The number of hydrogen-bond donors (Lipinski definition) is 2. The average molecular weight is 308 g/mol. The van der Waals surface area contributed by atoms with Crippen LogP contribution in [0.3, 0.4) is 0 Å². The van der Waals surface area contributed by atoms with Crippen molar-refractivity contribution < 1.29 is 13.2 Å². The molecule has 0 atom stereocenters. The van der Waals surface area contributed by atoms with Crippen LogP contribution in [-0.2, 0) is 9.84 Å². The Kier molecular flexibility index (Phi) is 4.09. The molecule has 2 rings (SSSR count). The lowest BCUT2D eigenvalue weighted by molar-refractivity contribution is 0.0951. The largest absolute Gasteiger partial charge is 0.350 e. The zero-order valence-corrected chi connectivity index (χ0v) is 13.5. The Morgan fingerprint density at radius 3 is 2.38 bits per heavy atom. The van der Waals surface area contributed by atoms with Gasteiger partial charge in [-0.3, -0.25) is 4.79 Å². The minimum absolute atomic E-state index is 0.0595. The monoisotopic (exact) mass is 308 g/mol. The van der Waals surface area contributed by atoms with Crippen LogP contribution in [0, 0.1) is 20.8 Å². The highest BCUT2D eigenvalue weighted by atomic mass is 32.2. The van der Waals surface area contributed by atoms with E-state index in [1.807, 2.05) is 32.9 Å². The van der Waals surface area contributed by atoms with Crippen molar-refractivity contribution in [1.82, 2.24) is 10.3 Å². The molecule has 0 saturated heterocycles. The van der Waals surface area contributed by atoms with E-state index in [2.05, 4.69) is 10.3 Å². The molecule has 0 spiro atoms. The first-order valence-electron chi connectivity index (χ1n) is 6.75. The zero-order chi connectivity index (χ0) is 15.8. The smallest absolute Gasteiger partial charge is 0.268 e. The van der Waals surface area contributed by atoms with Gasteiger partial charge in [0.15, 0.2) is 0 Å². The van der Waals surface area contributed by atoms with Crippen molar-refractivity contribution in [2.45, 2.75) is 20.8 Å². The number of fused-ring (bicyclic) bond motifs is 1. The minimum atomic E-state index is -3.08. The first kappa shape index (κ1) is 15.6. The maximum atomic E-state index is 12.2. The average Bonchev–Trinajstić information content (AvgIpc) is 2.71. The second-order valence-electron chi connectivity index (χ2n) is 5.46. The lowest BCUT2D eigenvalue weighted by atomic mass is 10.0. The molecule has 1 amide bonds. The van der Waals surface area contributed by atoms with E-state index in [0.717, 1.165) is 33.8 Å². The van der Waals surface area contributed by atoms with Crippen LogP contribution >= 0.6 is 0 Å². The number of rotatable bonds is 4. The van der Waals surface area contributed by atoms with Crippen molar-refractivity contribution in [3.05, 3.63) is 34.5 Å². The highest BCUT2D eigenvalue weighted by molar-refractivity contribution is 7.90. The van der Waals surface area contributed by atoms with E-state index >= 15 is 0 Å². The summed E-state index contributed by atoms with van der Waals surface area (Å²) >= 11 is 0. The van der Waals surface area contributed by atoms with Gasteiger partial charge in [-0.2, -0.15) is 0 Å². The van der Waals surface area contributed by atoms with Gasteiger partial charge in [0.05, 0.1) is 5.75 Å². The van der Waals surface area contributed by atoms with Gasteiger partial charge in [0.25, 0.3) is 5.91 Å². The van der Waals surface area contributed by atoms with Crippen LogP contribution in [0.1, 0.15) is 27.2 Å². The van der Waals surface area contributed by atoms with Crippen LogP contribution in [0.2, 0.25) is 0 Å². The van der Waals surface area contributed by atoms with Gasteiger partial charge in [-0.05, 0) is 37.5 Å². The third-order valence-electron chi connectivity index (χ3n) is 3.61. The molecule has 0 fully saturated rings. The lowest BCUT2D eigenvalue weighted by Gasteiger charge is -2.03. The fourth-order valence-corrected chi connectivity index (χ4v) is 2.94. The van der Waals surface area contributed by atoms with E-state index in [-0.39, 0.29) is 18.2 Å². The Labute approximate surface area is 124 Å². The maximum Gasteiger partial charge on any atom is 0.268 e. The summed E-state index contributed by atoms with van der Waals surface area (Å²) in [4.78, 5) is 15.4. The van der Waals surface area contributed by atoms with Crippen molar-refractivity contribution in [2.24, 2.45) is 0 Å². The van der Waals surface area contributed by atoms with Gasteiger partial charge >= 0.3 is 0 Å². The summed E-state index contributed by atoms with van der Waals surface area (Å²) in [6.07, 6.45) is 1.15. The number of benzene rings is 1. The van der Waals surface area contributed by atoms with E-state index in [1.165, 1.54) is 0 Å². The topological polar surface area (TPSA) is 79.0 Å². The van der Waals surface area contributed by atoms with Crippen molar-refractivity contribution in [3.63, 3.8) is 0 Å². The molecule has 1 heterocycles. The van der Waals surface area contributed by atoms with E-state index in [4.69, 9.17) is 0 Å². The summed E-state index contributed by atoms with van der Waals surface area (Å²) < 4.78 is 22.2. The van der Waals surface area contributed by atoms with Crippen LogP contribution in [0.25, 0.3) is 10.9 Å². The number of carbonyl (C=O) groups excluding carboxylic acids is 1. The number of H-pyrrole nitrogens is 1. The molecule has 0 aliphatic rings. The highest BCUT2D eigenvalue weighted by Gasteiger charge is 2.17. The number of amides is 1. The van der Waals surface area contributed by atoms with E-state index < -0.39 is 9.84 Å². The van der Waals surface area contributed by atoms with Crippen molar-refractivity contribution in [2.75, 3.05) is 18.6 Å². The van der Waals surface area contributed by atoms with Gasteiger partial charge in [0.2, 0.25) is 0 Å². The standard InChI is InChI=1S/C15H20N2O3S/c1-9-5-6-10(2)13-12(9)11(3)14(17-13)15(18)16-7-8-21(4,19)20/h5-6,17H,7-8H2,1-4H3,(H,16,18). The van der Waals surface area contributed by atoms with E-state index in [9.17, 15) is 13.2 Å². The predicted molar refractivity (Wildman–Crippen MR) is 84.6 cm³/mol. The van der Waals surface area contributed by atoms with Crippen LogP contribution in [-0.4, -0.2) is 37.9 Å². The number of aromatic amines is 1. The van der Waals surface area contributed by atoms with Crippen LogP contribution in [0.15, 0.2) is 12.1 Å². The van der Waals surface area contributed by atoms with Gasteiger partial charge in [0.1, 0.15) is 15.5 Å². The fourth-order valence-electron chi connectivity index (χ4n) is 2.46. The second-order valence-corrected chi connectivity index (χ2v) is 7.72. The van der Waals surface area contributed by atoms with Gasteiger partial charge in [-0.1, -0.05) is 12.1 Å². The van der Waals surface area contributed by atoms with Crippen molar-refractivity contribution in [3.8, 4) is 0 Å². The number of aryl methyl sites for hydroxylation is 3. The summed E-state index contributed by atoms with van der Waals surface area (Å²) in [5.74, 6) is -0.332. The number of sulfone groups is 1. The molecule has 0 unspecified atom stereocenters. The third kappa shape index (κ3) is 3.26. The molecule has 21 heavy (non-hydrogen) atoms. The number of aromatic nitrogens is 1. The molecule has 2 N–H and O–H groups in total. The Bertz CT molecular complexity index is 804. The minimum Gasteiger partial charge on any atom is -0.350 e. The van der Waals surface area contributed by atoms with Crippen LogP contribution in [0.4, 0.5) is 0 Å². The molecule has 0 bridgehead atoms. The normalized spacial score (nSPS) is 11.8. The molecule has 0 aliphatic carbocycles. The van der Waals surface area contributed by atoms with Crippen LogP contribution < -0.4 is 5.32 Å². The molecular weight excluding hydrogens is 288 g/mol. The molecule has 0 saturated carbocycles. The number of carbonyl (C=O) groups is 1. The van der Waals surface area contributed by atoms with E-state index in [0.29, 0.717) is 5.69 Å². The molecule has 1 aromatic heterocycles. The van der Waals surface area contributed by atoms with Gasteiger partial charge < -0.3 is 10.3 Å². The van der Waals surface area contributed by atoms with Crippen LogP contribution in [0.5, 0.6) is 0 Å². The Hall–Kier alpha value is -1.82. The Balaban J connectivity index is 2.30. The summed E-state index contributed by atoms with van der Waals surface area (Å²) in [6, 6.07) is 4.04. The molecule has 2 aromatic rings. The van der Waals surface area contributed by atoms with Gasteiger partial charge in [0, 0.05) is 23.7 Å².